The highest BCUT2D eigenvalue weighted by Crippen LogP contribution is 2.19. The van der Waals surface area contributed by atoms with Crippen LogP contribution in [0.3, 0.4) is 0 Å². The molecule has 0 spiro atoms. The summed E-state index contributed by atoms with van der Waals surface area (Å²) >= 11 is 0. The minimum atomic E-state index is -0.00449. The Kier molecular flexibility index (Phi) is 5.30. The number of nitrogen functional groups attached to an aromatic ring is 1. The van der Waals surface area contributed by atoms with E-state index in [9.17, 15) is 4.79 Å². The van der Waals surface area contributed by atoms with E-state index in [-0.39, 0.29) is 17.9 Å². The summed E-state index contributed by atoms with van der Waals surface area (Å²) in [6, 6.07) is 3.73. The summed E-state index contributed by atoms with van der Waals surface area (Å²) < 4.78 is 0. The van der Waals surface area contributed by atoms with Gasteiger partial charge >= 0.3 is 0 Å². The van der Waals surface area contributed by atoms with Crippen LogP contribution in [0.5, 0.6) is 0 Å². The second-order valence-electron chi connectivity index (χ2n) is 5.14. The molecule has 0 radical (unpaired) electrons. The Labute approximate surface area is 115 Å². The van der Waals surface area contributed by atoms with Crippen molar-refractivity contribution in [2.24, 2.45) is 5.84 Å². The van der Waals surface area contributed by atoms with Crippen LogP contribution in [0, 0.1) is 0 Å². The van der Waals surface area contributed by atoms with E-state index in [4.69, 9.17) is 5.84 Å². The van der Waals surface area contributed by atoms with Crippen LogP contribution in [0.25, 0.3) is 0 Å². The van der Waals surface area contributed by atoms with Crippen LogP contribution in [0.15, 0.2) is 12.1 Å². The van der Waals surface area contributed by atoms with Crippen molar-refractivity contribution in [3.05, 3.63) is 23.4 Å². The van der Waals surface area contributed by atoms with Gasteiger partial charge in [0.25, 0.3) is 5.91 Å². The van der Waals surface area contributed by atoms with E-state index in [1.54, 1.807) is 11.0 Å². The topological polar surface area (TPSA) is 71.2 Å². The smallest absolute Gasteiger partial charge is 0.254 e. The number of nitrogens with two attached hydrogens (primary N) is 1. The van der Waals surface area contributed by atoms with Gasteiger partial charge in [-0.2, -0.15) is 0 Å². The number of nitrogens with zero attached hydrogens (tertiary/aromatic N) is 2. The van der Waals surface area contributed by atoms with E-state index in [1.165, 1.54) is 0 Å². The maximum atomic E-state index is 12.4. The molecule has 0 bridgehead atoms. The molecule has 1 heterocycles. The van der Waals surface area contributed by atoms with Crippen LogP contribution < -0.4 is 11.3 Å². The Hall–Kier alpha value is -1.62. The van der Waals surface area contributed by atoms with E-state index in [2.05, 4.69) is 17.3 Å². The summed E-state index contributed by atoms with van der Waals surface area (Å²) in [6.07, 6.45) is 0.923. The second kappa shape index (κ2) is 6.52. The number of hydrogen-bond acceptors (Lipinski definition) is 4. The molecule has 0 aromatic carbocycles. The zero-order valence-electron chi connectivity index (χ0n) is 12.4. The first-order chi connectivity index (χ1) is 8.90. The van der Waals surface area contributed by atoms with Gasteiger partial charge in [-0.25, -0.2) is 10.8 Å². The number of nitrogens with one attached hydrogen (secondary N) is 1. The SMILES string of the molecule is CCC(C)N(C)C(=O)c1cc(NN)nc(C(C)C)c1. The summed E-state index contributed by atoms with van der Waals surface area (Å²) in [6.45, 7) is 8.17. The molecular weight excluding hydrogens is 240 g/mol. The van der Waals surface area contributed by atoms with Gasteiger partial charge in [0.15, 0.2) is 0 Å². The van der Waals surface area contributed by atoms with E-state index in [0.29, 0.717) is 11.4 Å². The van der Waals surface area contributed by atoms with Crippen LogP contribution in [-0.4, -0.2) is 28.9 Å². The molecule has 5 heteroatoms. The quantitative estimate of drug-likeness (QED) is 0.632. The minimum absolute atomic E-state index is 0.00449. The lowest BCUT2D eigenvalue weighted by atomic mass is 10.1. The Bertz CT molecular complexity index is 445. The average molecular weight is 264 g/mol. The largest absolute Gasteiger partial charge is 0.339 e. The first-order valence-electron chi connectivity index (χ1n) is 6.66. The maximum Gasteiger partial charge on any atom is 0.254 e. The van der Waals surface area contributed by atoms with Gasteiger partial charge in [0, 0.05) is 24.3 Å². The van der Waals surface area contributed by atoms with Gasteiger partial charge in [0.2, 0.25) is 0 Å². The van der Waals surface area contributed by atoms with Crippen LogP contribution in [0.1, 0.15) is 56.1 Å². The summed E-state index contributed by atoms with van der Waals surface area (Å²) in [5.41, 5.74) is 4.00. The molecule has 0 aliphatic rings. The zero-order valence-corrected chi connectivity index (χ0v) is 12.4. The lowest BCUT2D eigenvalue weighted by molar-refractivity contribution is 0.0740. The number of hydrazine groups is 1. The highest BCUT2D eigenvalue weighted by Gasteiger charge is 2.18. The third-order valence-electron chi connectivity index (χ3n) is 3.40. The third-order valence-corrected chi connectivity index (χ3v) is 3.40. The van der Waals surface area contributed by atoms with Crippen molar-refractivity contribution in [2.45, 2.75) is 46.1 Å². The zero-order chi connectivity index (χ0) is 14.6. The third kappa shape index (κ3) is 3.67. The molecule has 1 aromatic heterocycles. The van der Waals surface area contributed by atoms with Crippen molar-refractivity contribution in [3.63, 3.8) is 0 Å². The number of anilines is 1. The van der Waals surface area contributed by atoms with Gasteiger partial charge < -0.3 is 10.3 Å². The van der Waals surface area contributed by atoms with Gasteiger partial charge in [-0.3, -0.25) is 4.79 Å². The number of amides is 1. The number of hydrogen-bond donors (Lipinski definition) is 2. The predicted molar refractivity (Wildman–Crippen MR) is 78.0 cm³/mol. The summed E-state index contributed by atoms with van der Waals surface area (Å²) in [4.78, 5) is 18.5. The molecule has 1 unspecified atom stereocenters. The normalized spacial score (nSPS) is 12.4. The predicted octanol–water partition coefficient (Wildman–Crippen LogP) is 2.36. The highest BCUT2D eigenvalue weighted by molar-refractivity contribution is 5.95. The van der Waals surface area contributed by atoms with Crippen molar-refractivity contribution in [3.8, 4) is 0 Å². The molecule has 1 atom stereocenters. The van der Waals surface area contributed by atoms with Gasteiger partial charge in [-0.05, 0) is 31.4 Å². The van der Waals surface area contributed by atoms with Crippen LogP contribution in [0.4, 0.5) is 5.82 Å². The molecule has 5 nitrogen and oxygen atoms in total. The van der Waals surface area contributed by atoms with Gasteiger partial charge in [0.1, 0.15) is 5.82 Å². The van der Waals surface area contributed by atoms with Gasteiger partial charge in [-0.1, -0.05) is 20.8 Å². The highest BCUT2D eigenvalue weighted by atomic mass is 16.2. The molecule has 3 N–H and O–H groups in total. The molecular formula is C14H24N4O. The first-order valence-corrected chi connectivity index (χ1v) is 6.66. The monoisotopic (exact) mass is 264 g/mol. The molecule has 0 aliphatic heterocycles. The molecule has 19 heavy (non-hydrogen) atoms. The molecule has 106 valence electrons. The summed E-state index contributed by atoms with van der Waals surface area (Å²) in [7, 11) is 1.82. The van der Waals surface area contributed by atoms with Crippen molar-refractivity contribution in [1.82, 2.24) is 9.88 Å². The number of carbonyl (C=O) groups is 1. The average Bonchev–Trinajstić information content (AvgIpc) is 2.43. The molecule has 1 rings (SSSR count). The fourth-order valence-electron chi connectivity index (χ4n) is 1.72. The first kappa shape index (κ1) is 15.4. The van der Waals surface area contributed by atoms with Crippen molar-refractivity contribution < 1.29 is 4.79 Å². The van der Waals surface area contributed by atoms with Gasteiger partial charge in [-0.15, -0.1) is 0 Å². The summed E-state index contributed by atoms with van der Waals surface area (Å²) in [5.74, 6) is 6.17. The van der Waals surface area contributed by atoms with Crippen LogP contribution >= 0.6 is 0 Å². The number of pyridine rings is 1. The minimum Gasteiger partial charge on any atom is -0.339 e. The van der Waals surface area contributed by atoms with E-state index in [1.807, 2.05) is 33.9 Å². The maximum absolute atomic E-state index is 12.4. The number of aromatic nitrogens is 1. The van der Waals surface area contributed by atoms with Crippen molar-refractivity contribution in [2.75, 3.05) is 12.5 Å². The molecule has 0 saturated heterocycles. The molecule has 0 aliphatic carbocycles. The van der Waals surface area contributed by atoms with Crippen molar-refractivity contribution in [1.29, 1.82) is 0 Å². The van der Waals surface area contributed by atoms with E-state index in [0.717, 1.165) is 12.1 Å². The van der Waals surface area contributed by atoms with E-state index < -0.39 is 0 Å². The molecule has 1 aromatic rings. The lowest BCUT2D eigenvalue weighted by Gasteiger charge is -2.24. The van der Waals surface area contributed by atoms with Crippen LogP contribution in [-0.2, 0) is 0 Å². The number of rotatable bonds is 5. The Morgan fingerprint density at radius 2 is 2.05 bits per heavy atom. The molecule has 1 amide bonds. The lowest BCUT2D eigenvalue weighted by Crippen LogP contribution is -2.34. The molecule has 0 fully saturated rings. The Morgan fingerprint density at radius 1 is 1.42 bits per heavy atom. The Morgan fingerprint density at radius 3 is 2.53 bits per heavy atom. The standard InChI is InChI=1S/C14H24N4O/c1-6-10(4)18(5)14(19)11-7-12(9(2)3)16-13(8-11)17-15/h7-10H,6,15H2,1-5H3,(H,16,17). The second-order valence-corrected chi connectivity index (χ2v) is 5.14. The summed E-state index contributed by atoms with van der Waals surface area (Å²) in [5, 5.41) is 0. The van der Waals surface area contributed by atoms with E-state index >= 15 is 0 Å². The fourth-order valence-corrected chi connectivity index (χ4v) is 1.72. The Balaban J connectivity index is 3.12. The van der Waals surface area contributed by atoms with Crippen molar-refractivity contribution >= 4 is 11.7 Å². The molecule has 0 saturated carbocycles. The van der Waals surface area contributed by atoms with Gasteiger partial charge in [0.05, 0.1) is 0 Å². The fraction of sp³-hybridized carbons (Fsp3) is 0.571. The number of carbonyl (C=O) groups excluding carboxylic acids is 1. The van der Waals surface area contributed by atoms with Crippen LogP contribution in [0.2, 0.25) is 0 Å².